The second-order valence-corrected chi connectivity index (χ2v) is 7.07. The van der Waals surface area contributed by atoms with Gasteiger partial charge < -0.3 is 29.2 Å². The van der Waals surface area contributed by atoms with Gasteiger partial charge in [-0.2, -0.15) is 0 Å². The summed E-state index contributed by atoms with van der Waals surface area (Å²) in [5.74, 6) is 0.252. The highest BCUT2D eigenvalue weighted by atomic mass is 19.1. The van der Waals surface area contributed by atoms with E-state index < -0.39 is 17.9 Å². The van der Waals surface area contributed by atoms with Crippen LogP contribution in [0, 0.1) is 5.82 Å². The van der Waals surface area contributed by atoms with E-state index in [0.29, 0.717) is 36.0 Å². The quantitative estimate of drug-likeness (QED) is 0.586. The summed E-state index contributed by atoms with van der Waals surface area (Å²) in [6.45, 7) is 0.123. The van der Waals surface area contributed by atoms with Crippen LogP contribution in [0.1, 0.15) is 11.3 Å². The standard InChI is InChI=1S/C23H21FN2O6/c24-18-4-2-1-3-15(18)14-32-22-11-26(17(13-27)10-19(22)28)12-23(29)25-16-5-6-20-21(9-16)31-8-7-30-20/h1-6,9-11,27H,7-8,12-14H2,(H,25,29). The summed E-state index contributed by atoms with van der Waals surface area (Å²) < 4.78 is 31.7. The zero-order chi connectivity index (χ0) is 22.5. The monoisotopic (exact) mass is 440 g/mol. The number of carbonyl (C=O) groups is 1. The molecular weight excluding hydrogens is 419 g/mol. The first kappa shape index (κ1) is 21.4. The van der Waals surface area contributed by atoms with E-state index in [1.165, 1.54) is 22.9 Å². The van der Waals surface area contributed by atoms with Gasteiger partial charge in [-0.05, 0) is 18.2 Å². The van der Waals surface area contributed by atoms with E-state index in [4.69, 9.17) is 14.2 Å². The lowest BCUT2D eigenvalue weighted by atomic mass is 10.2. The molecule has 3 aromatic rings. The molecule has 0 atom stereocenters. The van der Waals surface area contributed by atoms with Crippen molar-refractivity contribution in [1.82, 2.24) is 4.57 Å². The summed E-state index contributed by atoms with van der Waals surface area (Å²) >= 11 is 0. The predicted octanol–water partition coefficient (Wildman–Crippen LogP) is 2.47. The number of amides is 1. The molecule has 0 saturated heterocycles. The summed E-state index contributed by atoms with van der Waals surface area (Å²) in [5, 5.41) is 12.3. The molecule has 2 aromatic carbocycles. The van der Waals surface area contributed by atoms with Crippen LogP contribution < -0.4 is 25.0 Å². The third kappa shape index (κ3) is 4.89. The number of hydrogen-bond donors (Lipinski definition) is 2. The molecule has 1 aromatic heterocycles. The van der Waals surface area contributed by atoms with E-state index in [-0.39, 0.29) is 30.5 Å². The summed E-state index contributed by atoms with van der Waals surface area (Å²) in [7, 11) is 0. The van der Waals surface area contributed by atoms with E-state index in [2.05, 4.69) is 5.32 Å². The SMILES string of the molecule is O=C(Cn1cc(OCc2ccccc2F)c(=O)cc1CO)Nc1ccc2c(c1)OCCO2. The smallest absolute Gasteiger partial charge is 0.244 e. The van der Waals surface area contributed by atoms with E-state index in [9.17, 15) is 19.1 Å². The average molecular weight is 440 g/mol. The Balaban J connectivity index is 1.48. The van der Waals surface area contributed by atoms with E-state index in [1.54, 1.807) is 36.4 Å². The molecule has 0 radical (unpaired) electrons. The minimum absolute atomic E-state index is 0.0578. The van der Waals surface area contributed by atoms with Crippen LogP contribution in [-0.2, 0) is 24.6 Å². The number of anilines is 1. The van der Waals surface area contributed by atoms with Gasteiger partial charge in [0.05, 0.1) is 12.8 Å². The number of benzene rings is 2. The van der Waals surface area contributed by atoms with Gasteiger partial charge in [-0.15, -0.1) is 0 Å². The van der Waals surface area contributed by atoms with Crippen LogP contribution in [0.15, 0.2) is 59.5 Å². The van der Waals surface area contributed by atoms with Crippen molar-refractivity contribution >= 4 is 11.6 Å². The number of aliphatic hydroxyl groups excluding tert-OH is 1. The first-order valence-electron chi connectivity index (χ1n) is 9.93. The molecule has 1 amide bonds. The molecule has 1 aliphatic heterocycles. The first-order chi connectivity index (χ1) is 15.5. The number of ether oxygens (including phenoxy) is 3. The van der Waals surface area contributed by atoms with E-state index in [1.807, 2.05) is 0 Å². The molecule has 0 bridgehead atoms. The van der Waals surface area contributed by atoms with Crippen molar-refractivity contribution in [1.29, 1.82) is 0 Å². The largest absolute Gasteiger partial charge is 0.486 e. The minimum atomic E-state index is -0.478. The number of fused-ring (bicyclic) bond motifs is 1. The van der Waals surface area contributed by atoms with Gasteiger partial charge in [-0.3, -0.25) is 9.59 Å². The molecule has 9 heteroatoms. The molecular formula is C23H21FN2O6. The molecule has 0 saturated carbocycles. The fourth-order valence-corrected chi connectivity index (χ4v) is 3.23. The fraction of sp³-hybridized carbons (Fsp3) is 0.217. The maximum Gasteiger partial charge on any atom is 0.244 e. The van der Waals surface area contributed by atoms with Crippen molar-refractivity contribution in [3.63, 3.8) is 0 Å². The Kier molecular flexibility index (Phi) is 6.37. The lowest BCUT2D eigenvalue weighted by molar-refractivity contribution is -0.116. The lowest BCUT2D eigenvalue weighted by Crippen LogP contribution is -2.23. The maximum absolute atomic E-state index is 13.8. The molecule has 166 valence electrons. The van der Waals surface area contributed by atoms with Crippen LogP contribution in [0.3, 0.4) is 0 Å². The fourth-order valence-electron chi connectivity index (χ4n) is 3.23. The Morgan fingerprint density at radius 2 is 1.91 bits per heavy atom. The number of aliphatic hydroxyl groups is 1. The van der Waals surface area contributed by atoms with E-state index >= 15 is 0 Å². The van der Waals surface area contributed by atoms with Gasteiger partial charge in [0.15, 0.2) is 17.2 Å². The average Bonchev–Trinajstić information content (AvgIpc) is 2.80. The van der Waals surface area contributed by atoms with Crippen LogP contribution in [-0.4, -0.2) is 28.8 Å². The van der Waals surface area contributed by atoms with Gasteiger partial charge in [0.1, 0.15) is 32.2 Å². The molecule has 1 aliphatic rings. The van der Waals surface area contributed by atoms with Gasteiger partial charge in [0.2, 0.25) is 11.3 Å². The predicted molar refractivity (Wildman–Crippen MR) is 113 cm³/mol. The molecule has 0 fully saturated rings. The topological polar surface area (TPSA) is 99.0 Å². The van der Waals surface area contributed by atoms with Gasteiger partial charge in [0.25, 0.3) is 0 Å². The maximum atomic E-state index is 13.8. The number of hydrogen-bond acceptors (Lipinski definition) is 6. The van der Waals surface area contributed by atoms with Gasteiger partial charge >= 0.3 is 0 Å². The highest BCUT2D eigenvalue weighted by molar-refractivity contribution is 5.91. The summed E-state index contributed by atoms with van der Waals surface area (Å²) in [6.07, 6.45) is 1.33. The third-order valence-corrected chi connectivity index (χ3v) is 4.83. The number of carbonyl (C=O) groups excluding carboxylic acids is 1. The van der Waals surface area contributed by atoms with Crippen LogP contribution in [0.2, 0.25) is 0 Å². The van der Waals surface area contributed by atoms with E-state index in [0.717, 1.165) is 0 Å². The highest BCUT2D eigenvalue weighted by Crippen LogP contribution is 2.32. The molecule has 0 unspecified atom stereocenters. The number of nitrogens with one attached hydrogen (secondary N) is 1. The van der Waals surface area contributed by atoms with Crippen molar-refractivity contribution < 1.29 is 28.5 Å². The molecule has 4 rings (SSSR count). The second kappa shape index (κ2) is 9.52. The molecule has 2 heterocycles. The van der Waals surface area contributed by atoms with Crippen LogP contribution in [0.4, 0.5) is 10.1 Å². The van der Waals surface area contributed by atoms with Crippen molar-refractivity contribution in [2.75, 3.05) is 18.5 Å². The summed E-state index contributed by atoms with van der Waals surface area (Å²) in [5.41, 5.74) is 0.572. The molecule has 8 nitrogen and oxygen atoms in total. The van der Waals surface area contributed by atoms with Crippen molar-refractivity contribution in [2.45, 2.75) is 19.8 Å². The highest BCUT2D eigenvalue weighted by Gasteiger charge is 2.15. The Labute approximate surface area is 182 Å². The zero-order valence-electron chi connectivity index (χ0n) is 17.0. The van der Waals surface area contributed by atoms with Crippen molar-refractivity contribution in [2.24, 2.45) is 0 Å². The molecule has 2 N–H and O–H groups in total. The number of aromatic nitrogens is 1. The second-order valence-electron chi connectivity index (χ2n) is 7.07. The number of nitrogens with zero attached hydrogens (tertiary/aromatic N) is 1. The van der Waals surface area contributed by atoms with Crippen LogP contribution in [0.5, 0.6) is 17.2 Å². The Morgan fingerprint density at radius 3 is 2.69 bits per heavy atom. The lowest BCUT2D eigenvalue weighted by Gasteiger charge is -2.19. The van der Waals surface area contributed by atoms with Gasteiger partial charge in [0, 0.05) is 29.1 Å². The summed E-state index contributed by atoms with van der Waals surface area (Å²) in [4.78, 5) is 24.9. The van der Waals surface area contributed by atoms with Gasteiger partial charge in [-0.1, -0.05) is 18.2 Å². The van der Waals surface area contributed by atoms with Gasteiger partial charge in [-0.25, -0.2) is 4.39 Å². The van der Waals surface area contributed by atoms with Crippen molar-refractivity contribution in [3.8, 4) is 17.2 Å². The third-order valence-electron chi connectivity index (χ3n) is 4.83. The number of pyridine rings is 1. The van der Waals surface area contributed by atoms with Crippen LogP contribution in [0.25, 0.3) is 0 Å². The normalized spacial score (nSPS) is 12.3. The Hall–Kier alpha value is -3.85. The zero-order valence-corrected chi connectivity index (χ0v) is 17.0. The Bertz CT molecular complexity index is 1190. The van der Waals surface area contributed by atoms with Crippen molar-refractivity contribution in [3.05, 3.63) is 82.0 Å². The number of rotatable bonds is 7. The Morgan fingerprint density at radius 1 is 1.12 bits per heavy atom. The molecule has 0 aliphatic carbocycles. The number of halogens is 1. The summed E-state index contributed by atoms with van der Waals surface area (Å²) in [6, 6.07) is 12.3. The molecule has 32 heavy (non-hydrogen) atoms. The minimum Gasteiger partial charge on any atom is -0.486 e. The molecule has 0 spiro atoms. The van der Waals surface area contributed by atoms with Crippen LogP contribution >= 0.6 is 0 Å². The first-order valence-corrected chi connectivity index (χ1v) is 9.93.